The van der Waals surface area contributed by atoms with Crippen molar-refractivity contribution in [2.24, 2.45) is 5.92 Å². The van der Waals surface area contributed by atoms with Crippen LogP contribution in [0.3, 0.4) is 0 Å². The van der Waals surface area contributed by atoms with Crippen molar-refractivity contribution in [3.63, 3.8) is 0 Å². The lowest BCUT2D eigenvalue weighted by Crippen LogP contribution is -2.20. The van der Waals surface area contributed by atoms with Gasteiger partial charge in [0.2, 0.25) is 0 Å². The molecule has 0 radical (unpaired) electrons. The van der Waals surface area contributed by atoms with Crippen LogP contribution in [0.25, 0.3) is 0 Å². The summed E-state index contributed by atoms with van der Waals surface area (Å²) in [4.78, 5) is 0. The van der Waals surface area contributed by atoms with Gasteiger partial charge in [-0.1, -0.05) is 19.1 Å². The van der Waals surface area contributed by atoms with Crippen molar-refractivity contribution < 1.29 is 9.13 Å². The SMILES string of the molecule is CNC(CC(C)COC)c1ccc(F)c(C)c1. The zero-order valence-electron chi connectivity index (χ0n) is 11.1. The Kier molecular flexibility index (Phi) is 5.59. The van der Waals surface area contributed by atoms with Crippen molar-refractivity contribution in [1.29, 1.82) is 0 Å². The highest BCUT2D eigenvalue weighted by atomic mass is 19.1. The third kappa shape index (κ3) is 4.10. The van der Waals surface area contributed by atoms with Gasteiger partial charge in [0.1, 0.15) is 5.82 Å². The van der Waals surface area contributed by atoms with Crippen molar-refractivity contribution in [1.82, 2.24) is 5.32 Å². The van der Waals surface area contributed by atoms with Gasteiger partial charge in [0, 0.05) is 19.8 Å². The molecule has 0 aliphatic rings. The number of benzene rings is 1. The minimum absolute atomic E-state index is 0.145. The molecule has 0 aliphatic carbocycles. The van der Waals surface area contributed by atoms with Gasteiger partial charge in [-0.3, -0.25) is 0 Å². The number of hydrogen-bond donors (Lipinski definition) is 1. The van der Waals surface area contributed by atoms with Crippen LogP contribution < -0.4 is 5.32 Å². The molecule has 0 fully saturated rings. The monoisotopic (exact) mass is 239 g/mol. The topological polar surface area (TPSA) is 21.3 Å². The zero-order chi connectivity index (χ0) is 12.8. The zero-order valence-corrected chi connectivity index (χ0v) is 11.1. The molecule has 1 aromatic carbocycles. The standard InChI is InChI=1S/C14H22FNO/c1-10(9-17-4)7-14(16-3)12-5-6-13(15)11(2)8-12/h5-6,8,10,14,16H,7,9H2,1-4H3. The lowest BCUT2D eigenvalue weighted by molar-refractivity contribution is 0.150. The van der Waals surface area contributed by atoms with E-state index < -0.39 is 0 Å². The van der Waals surface area contributed by atoms with Gasteiger partial charge in [0.15, 0.2) is 0 Å². The summed E-state index contributed by atoms with van der Waals surface area (Å²) in [6.45, 7) is 4.70. The molecular weight excluding hydrogens is 217 g/mol. The van der Waals surface area contributed by atoms with Crippen LogP contribution in [-0.2, 0) is 4.74 Å². The summed E-state index contributed by atoms with van der Waals surface area (Å²) in [5.74, 6) is 0.330. The molecule has 0 bridgehead atoms. The summed E-state index contributed by atoms with van der Waals surface area (Å²) in [7, 11) is 3.65. The molecule has 0 heterocycles. The summed E-state index contributed by atoms with van der Waals surface area (Å²) in [5, 5.41) is 3.28. The van der Waals surface area contributed by atoms with Crippen molar-refractivity contribution in [2.45, 2.75) is 26.3 Å². The van der Waals surface area contributed by atoms with Gasteiger partial charge in [-0.2, -0.15) is 0 Å². The lowest BCUT2D eigenvalue weighted by Gasteiger charge is -2.21. The van der Waals surface area contributed by atoms with Gasteiger partial charge < -0.3 is 10.1 Å². The lowest BCUT2D eigenvalue weighted by atomic mass is 9.95. The second kappa shape index (κ2) is 6.72. The van der Waals surface area contributed by atoms with Crippen LogP contribution in [0, 0.1) is 18.7 Å². The number of ether oxygens (including phenoxy) is 1. The van der Waals surface area contributed by atoms with Crippen LogP contribution in [0.5, 0.6) is 0 Å². The molecule has 0 saturated heterocycles. The summed E-state index contributed by atoms with van der Waals surface area (Å²) in [5.41, 5.74) is 1.83. The fourth-order valence-corrected chi connectivity index (χ4v) is 2.06. The first kappa shape index (κ1) is 14.1. The highest BCUT2D eigenvalue weighted by Crippen LogP contribution is 2.23. The fourth-order valence-electron chi connectivity index (χ4n) is 2.06. The van der Waals surface area contributed by atoms with Crippen LogP contribution in [-0.4, -0.2) is 20.8 Å². The van der Waals surface area contributed by atoms with E-state index in [4.69, 9.17) is 4.74 Å². The molecule has 0 saturated carbocycles. The third-order valence-corrected chi connectivity index (χ3v) is 3.02. The van der Waals surface area contributed by atoms with Gasteiger partial charge in [-0.05, 0) is 43.5 Å². The number of rotatable bonds is 6. The number of nitrogens with one attached hydrogen (secondary N) is 1. The van der Waals surface area contributed by atoms with E-state index in [9.17, 15) is 4.39 Å². The Morgan fingerprint density at radius 3 is 2.65 bits per heavy atom. The summed E-state index contributed by atoms with van der Waals surface area (Å²) < 4.78 is 18.3. The second-order valence-electron chi connectivity index (χ2n) is 4.65. The quantitative estimate of drug-likeness (QED) is 0.823. The minimum Gasteiger partial charge on any atom is -0.384 e. The van der Waals surface area contributed by atoms with Gasteiger partial charge in [0.05, 0.1) is 0 Å². The molecule has 17 heavy (non-hydrogen) atoms. The predicted octanol–water partition coefficient (Wildman–Crippen LogP) is 3.07. The van der Waals surface area contributed by atoms with Crippen molar-refractivity contribution in [2.75, 3.05) is 20.8 Å². The summed E-state index contributed by atoms with van der Waals surface area (Å²) in [6.07, 6.45) is 0.982. The Labute approximate surface area is 103 Å². The molecule has 0 aromatic heterocycles. The number of halogens is 1. The maximum absolute atomic E-state index is 13.2. The Morgan fingerprint density at radius 2 is 2.12 bits per heavy atom. The van der Waals surface area contributed by atoms with E-state index in [1.165, 1.54) is 6.07 Å². The van der Waals surface area contributed by atoms with E-state index in [1.54, 1.807) is 14.0 Å². The Morgan fingerprint density at radius 1 is 1.41 bits per heavy atom. The second-order valence-corrected chi connectivity index (χ2v) is 4.65. The summed E-state index contributed by atoms with van der Waals surface area (Å²) >= 11 is 0. The Hall–Kier alpha value is -0.930. The fraction of sp³-hybridized carbons (Fsp3) is 0.571. The molecule has 1 rings (SSSR count). The number of methoxy groups -OCH3 is 1. The third-order valence-electron chi connectivity index (χ3n) is 3.02. The maximum Gasteiger partial charge on any atom is 0.126 e. The average Bonchev–Trinajstić information content (AvgIpc) is 2.30. The van der Waals surface area contributed by atoms with E-state index >= 15 is 0 Å². The number of aryl methyl sites for hydroxylation is 1. The van der Waals surface area contributed by atoms with Gasteiger partial charge in [-0.15, -0.1) is 0 Å². The molecule has 3 heteroatoms. The highest BCUT2D eigenvalue weighted by molar-refractivity contribution is 5.26. The molecule has 0 amide bonds. The molecule has 1 N–H and O–H groups in total. The molecular formula is C14H22FNO. The normalized spacial score (nSPS) is 14.6. The van der Waals surface area contributed by atoms with Crippen molar-refractivity contribution in [3.8, 4) is 0 Å². The Balaban J connectivity index is 2.75. The molecule has 96 valence electrons. The molecule has 1 aromatic rings. The maximum atomic E-state index is 13.2. The van der Waals surface area contributed by atoms with E-state index in [1.807, 2.05) is 19.2 Å². The molecule has 0 aliphatic heterocycles. The van der Waals surface area contributed by atoms with E-state index in [2.05, 4.69) is 12.2 Å². The minimum atomic E-state index is -0.145. The molecule has 0 spiro atoms. The van der Waals surface area contributed by atoms with Crippen LogP contribution in [0.1, 0.15) is 30.5 Å². The smallest absolute Gasteiger partial charge is 0.126 e. The van der Waals surface area contributed by atoms with Crippen molar-refractivity contribution in [3.05, 3.63) is 35.1 Å². The van der Waals surface area contributed by atoms with Gasteiger partial charge in [-0.25, -0.2) is 4.39 Å². The van der Waals surface area contributed by atoms with Crippen LogP contribution in [0.15, 0.2) is 18.2 Å². The number of hydrogen-bond acceptors (Lipinski definition) is 2. The average molecular weight is 239 g/mol. The first-order valence-corrected chi connectivity index (χ1v) is 6.00. The predicted molar refractivity (Wildman–Crippen MR) is 68.6 cm³/mol. The van der Waals surface area contributed by atoms with E-state index in [-0.39, 0.29) is 11.9 Å². The highest BCUT2D eigenvalue weighted by Gasteiger charge is 2.14. The van der Waals surface area contributed by atoms with E-state index in [0.717, 1.165) is 18.6 Å². The van der Waals surface area contributed by atoms with Gasteiger partial charge >= 0.3 is 0 Å². The molecule has 2 unspecified atom stereocenters. The largest absolute Gasteiger partial charge is 0.384 e. The van der Waals surface area contributed by atoms with Crippen molar-refractivity contribution >= 4 is 0 Å². The van der Waals surface area contributed by atoms with Crippen LogP contribution in [0.2, 0.25) is 0 Å². The van der Waals surface area contributed by atoms with Crippen LogP contribution >= 0.6 is 0 Å². The van der Waals surface area contributed by atoms with E-state index in [0.29, 0.717) is 11.5 Å². The van der Waals surface area contributed by atoms with Gasteiger partial charge in [0.25, 0.3) is 0 Å². The molecule has 2 atom stereocenters. The first-order chi connectivity index (χ1) is 8.08. The first-order valence-electron chi connectivity index (χ1n) is 6.00. The molecule has 2 nitrogen and oxygen atoms in total. The Bertz CT molecular complexity index is 354. The van der Waals surface area contributed by atoms with Crippen LogP contribution in [0.4, 0.5) is 4.39 Å². The summed E-state index contributed by atoms with van der Waals surface area (Å²) in [6, 6.07) is 5.55.